The van der Waals surface area contributed by atoms with Gasteiger partial charge in [0, 0.05) is 50.3 Å². The maximum Gasteiger partial charge on any atom is 0.410 e. The fourth-order valence-corrected chi connectivity index (χ4v) is 3.53. The van der Waals surface area contributed by atoms with Crippen molar-refractivity contribution in [3.05, 3.63) is 24.0 Å². The van der Waals surface area contributed by atoms with Gasteiger partial charge in [-0.1, -0.05) is 0 Å². The molecular weight excluding hydrogens is 332 g/mol. The molecule has 3 rings (SSSR count). The Hall–Kier alpha value is -2.15. The maximum absolute atomic E-state index is 12.7. The number of nitrogens with zero attached hydrogens (tertiary/aromatic N) is 4. The fraction of sp³-hybridized carbons (Fsp3) is 0.632. The highest BCUT2D eigenvalue weighted by Gasteiger charge is 2.33. The summed E-state index contributed by atoms with van der Waals surface area (Å²) in [6.07, 6.45) is 4.14. The number of ether oxygens (including phenoxy) is 1. The van der Waals surface area contributed by atoms with Gasteiger partial charge in [0.25, 0.3) is 0 Å². The first kappa shape index (κ1) is 18.6. The summed E-state index contributed by atoms with van der Waals surface area (Å²) in [7, 11) is 0. The Kier molecular flexibility index (Phi) is 5.18. The van der Waals surface area contributed by atoms with E-state index in [1.807, 2.05) is 44.9 Å². The van der Waals surface area contributed by atoms with E-state index >= 15 is 0 Å². The number of amides is 2. The lowest BCUT2D eigenvalue weighted by Gasteiger charge is -2.40. The molecule has 1 aromatic heterocycles. The molecule has 3 heterocycles. The van der Waals surface area contributed by atoms with Crippen molar-refractivity contribution in [2.45, 2.75) is 45.8 Å². The summed E-state index contributed by atoms with van der Waals surface area (Å²) in [4.78, 5) is 34.9. The number of carbonyl (C=O) groups is 2. The third kappa shape index (κ3) is 4.15. The molecule has 7 heteroatoms. The first-order valence-corrected chi connectivity index (χ1v) is 9.20. The Bertz CT molecular complexity index is 686. The Morgan fingerprint density at radius 2 is 2.04 bits per heavy atom. The van der Waals surface area contributed by atoms with Gasteiger partial charge in [-0.25, -0.2) is 4.79 Å². The summed E-state index contributed by atoms with van der Waals surface area (Å²) < 4.78 is 5.47. The van der Waals surface area contributed by atoms with Crippen LogP contribution in [0.3, 0.4) is 0 Å². The number of fused-ring (bicyclic) bond motifs is 1. The minimum atomic E-state index is -0.498. The number of hydrogen-bond donors (Lipinski definition) is 0. The van der Waals surface area contributed by atoms with Crippen molar-refractivity contribution in [1.29, 1.82) is 0 Å². The molecule has 0 aromatic carbocycles. The van der Waals surface area contributed by atoms with Crippen molar-refractivity contribution in [3.63, 3.8) is 0 Å². The van der Waals surface area contributed by atoms with Gasteiger partial charge in [-0.2, -0.15) is 0 Å². The van der Waals surface area contributed by atoms with Crippen molar-refractivity contribution in [2.75, 3.05) is 37.6 Å². The van der Waals surface area contributed by atoms with E-state index in [2.05, 4.69) is 9.88 Å². The average molecular weight is 360 g/mol. The lowest BCUT2D eigenvalue weighted by atomic mass is 10.2. The first-order chi connectivity index (χ1) is 12.2. The lowest BCUT2D eigenvalue weighted by molar-refractivity contribution is -0.120. The highest BCUT2D eigenvalue weighted by Crippen LogP contribution is 2.27. The third-order valence-electron chi connectivity index (χ3n) is 4.77. The van der Waals surface area contributed by atoms with Crippen LogP contribution in [0.1, 0.15) is 33.3 Å². The van der Waals surface area contributed by atoms with Gasteiger partial charge in [0.2, 0.25) is 5.91 Å². The zero-order chi connectivity index (χ0) is 18.9. The number of hydrogen-bond acceptors (Lipinski definition) is 5. The van der Waals surface area contributed by atoms with Crippen LogP contribution in [0.4, 0.5) is 10.5 Å². The van der Waals surface area contributed by atoms with Gasteiger partial charge < -0.3 is 14.5 Å². The third-order valence-corrected chi connectivity index (χ3v) is 4.77. The SMILES string of the molecule is C[C@@H]1CN(CC(=O)N2CCc3cnccc32)CCN1C(=O)OC(C)(C)C. The summed E-state index contributed by atoms with van der Waals surface area (Å²) in [5, 5.41) is 0. The summed E-state index contributed by atoms with van der Waals surface area (Å²) >= 11 is 0. The van der Waals surface area contributed by atoms with Crippen LogP contribution in [-0.4, -0.2) is 71.2 Å². The van der Waals surface area contributed by atoms with Crippen LogP contribution in [-0.2, 0) is 16.0 Å². The molecule has 2 amide bonds. The second-order valence-electron chi connectivity index (χ2n) is 8.06. The van der Waals surface area contributed by atoms with Crippen molar-refractivity contribution in [3.8, 4) is 0 Å². The van der Waals surface area contributed by atoms with Crippen LogP contribution in [0.15, 0.2) is 18.5 Å². The molecule has 1 saturated heterocycles. The number of pyridine rings is 1. The average Bonchev–Trinajstić information content (AvgIpc) is 2.97. The molecule has 1 aromatic rings. The molecule has 0 bridgehead atoms. The molecule has 0 aliphatic carbocycles. The molecule has 2 aliphatic rings. The highest BCUT2D eigenvalue weighted by molar-refractivity contribution is 5.96. The summed E-state index contributed by atoms with van der Waals surface area (Å²) in [5.74, 6) is 0.105. The molecule has 1 fully saturated rings. The maximum atomic E-state index is 12.7. The van der Waals surface area contributed by atoms with Gasteiger partial charge >= 0.3 is 6.09 Å². The number of aromatic nitrogens is 1. The molecule has 0 saturated carbocycles. The second kappa shape index (κ2) is 7.23. The molecular formula is C19H28N4O3. The van der Waals surface area contributed by atoms with Crippen LogP contribution in [0.25, 0.3) is 0 Å². The molecule has 7 nitrogen and oxygen atoms in total. The quantitative estimate of drug-likeness (QED) is 0.806. The Labute approximate surface area is 154 Å². The zero-order valence-corrected chi connectivity index (χ0v) is 16.1. The molecule has 1 atom stereocenters. The van der Waals surface area contributed by atoms with E-state index in [4.69, 9.17) is 4.74 Å². The Morgan fingerprint density at radius 1 is 1.27 bits per heavy atom. The molecule has 2 aliphatic heterocycles. The zero-order valence-electron chi connectivity index (χ0n) is 16.1. The van der Waals surface area contributed by atoms with Crippen LogP contribution in [0, 0.1) is 0 Å². The highest BCUT2D eigenvalue weighted by atomic mass is 16.6. The Balaban J connectivity index is 1.55. The molecule has 26 heavy (non-hydrogen) atoms. The van der Waals surface area contributed by atoms with E-state index in [-0.39, 0.29) is 18.0 Å². The van der Waals surface area contributed by atoms with Crippen molar-refractivity contribution in [2.24, 2.45) is 0 Å². The second-order valence-corrected chi connectivity index (χ2v) is 8.06. The minimum absolute atomic E-state index is 0.0152. The van der Waals surface area contributed by atoms with Crippen molar-refractivity contribution in [1.82, 2.24) is 14.8 Å². The molecule has 0 unspecified atom stereocenters. The first-order valence-electron chi connectivity index (χ1n) is 9.20. The molecule has 142 valence electrons. The van der Waals surface area contributed by atoms with Gasteiger partial charge in [0.05, 0.1) is 6.54 Å². The van der Waals surface area contributed by atoms with E-state index in [0.29, 0.717) is 32.7 Å². The number of carbonyl (C=O) groups excluding carboxylic acids is 2. The predicted octanol–water partition coefficient (Wildman–Crippen LogP) is 1.91. The van der Waals surface area contributed by atoms with E-state index in [1.54, 1.807) is 11.1 Å². The van der Waals surface area contributed by atoms with Gasteiger partial charge in [-0.15, -0.1) is 0 Å². The summed E-state index contributed by atoms with van der Waals surface area (Å²) in [5.41, 5.74) is 1.61. The van der Waals surface area contributed by atoms with Crippen LogP contribution in [0.2, 0.25) is 0 Å². The number of rotatable bonds is 2. The molecule has 0 spiro atoms. The van der Waals surface area contributed by atoms with Crippen LogP contribution in [0.5, 0.6) is 0 Å². The van der Waals surface area contributed by atoms with E-state index in [1.165, 1.54) is 0 Å². The largest absolute Gasteiger partial charge is 0.444 e. The predicted molar refractivity (Wildman–Crippen MR) is 99.1 cm³/mol. The fourth-order valence-electron chi connectivity index (χ4n) is 3.53. The molecule has 0 N–H and O–H groups in total. The van der Waals surface area contributed by atoms with Gasteiger partial charge in [0.1, 0.15) is 5.60 Å². The normalized spacial score (nSPS) is 20.8. The van der Waals surface area contributed by atoms with Crippen molar-refractivity contribution < 1.29 is 14.3 Å². The van der Waals surface area contributed by atoms with E-state index < -0.39 is 5.60 Å². The lowest BCUT2D eigenvalue weighted by Crippen LogP contribution is -2.56. The van der Waals surface area contributed by atoms with Crippen LogP contribution >= 0.6 is 0 Å². The Morgan fingerprint density at radius 3 is 2.73 bits per heavy atom. The number of anilines is 1. The molecule has 0 radical (unpaired) electrons. The standard InChI is InChI=1S/C19H28N4O3/c1-14-12-21(9-10-22(14)18(25)26-19(2,3)4)13-17(24)23-8-6-15-11-20-7-5-16(15)23/h5,7,11,14H,6,8-10,12-13H2,1-4H3/t14-/m1/s1. The van der Waals surface area contributed by atoms with Crippen LogP contribution < -0.4 is 4.90 Å². The monoisotopic (exact) mass is 360 g/mol. The smallest absolute Gasteiger partial charge is 0.410 e. The number of piperazine rings is 1. The minimum Gasteiger partial charge on any atom is -0.444 e. The van der Waals surface area contributed by atoms with Gasteiger partial charge in [0.15, 0.2) is 0 Å². The van der Waals surface area contributed by atoms with Gasteiger partial charge in [-0.3, -0.25) is 14.7 Å². The summed E-state index contributed by atoms with van der Waals surface area (Å²) in [6, 6.07) is 1.92. The van der Waals surface area contributed by atoms with E-state index in [0.717, 1.165) is 17.7 Å². The van der Waals surface area contributed by atoms with Crippen molar-refractivity contribution >= 4 is 17.7 Å². The van der Waals surface area contributed by atoms with E-state index in [9.17, 15) is 9.59 Å². The summed E-state index contributed by atoms with van der Waals surface area (Å²) in [6.45, 7) is 10.6. The van der Waals surface area contributed by atoms with Gasteiger partial charge in [-0.05, 0) is 45.7 Å². The topological polar surface area (TPSA) is 66.0 Å².